The zero-order chi connectivity index (χ0) is 12.1. The summed E-state index contributed by atoms with van der Waals surface area (Å²) in [6, 6.07) is 1.40. The number of halogens is 1. The number of nitrogens with one attached hydrogen (secondary N) is 2. The summed E-state index contributed by atoms with van der Waals surface area (Å²) in [7, 11) is 1.48. The number of nitrogen functional groups attached to an aromatic ring is 1. The van der Waals surface area contributed by atoms with Crippen molar-refractivity contribution in [3.8, 4) is 0 Å². The van der Waals surface area contributed by atoms with E-state index in [0.717, 1.165) is 0 Å². The third-order valence-corrected chi connectivity index (χ3v) is 2.09. The standard InChI is InChI=1S/C9H11ClN4O2/c1-12-7(15)4-14-9(16)6-2-5(11)3-13-8(6)10/h2-3H,4,11H2,1H3,(H,12,15)(H,14,16). The van der Waals surface area contributed by atoms with Gasteiger partial charge in [0.2, 0.25) is 5.91 Å². The lowest BCUT2D eigenvalue weighted by atomic mass is 10.2. The molecule has 1 heterocycles. The molecule has 1 aromatic rings. The van der Waals surface area contributed by atoms with E-state index >= 15 is 0 Å². The van der Waals surface area contributed by atoms with Gasteiger partial charge in [0.05, 0.1) is 24.0 Å². The number of anilines is 1. The minimum Gasteiger partial charge on any atom is -0.397 e. The van der Waals surface area contributed by atoms with E-state index in [2.05, 4.69) is 15.6 Å². The molecule has 4 N–H and O–H groups in total. The van der Waals surface area contributed by atoms with Crippen molar-refractivity contribution in [1.82, 2.24) is 15.6 Å². The van der Waals surface area contributed by atoms with E-state index in [4.69, 9.17) is 17.3 Å². The van der Waals surface area contributed by atoms with Gasteiger partial charge in [-0.15, -0.1) is 0 Å². The molecule has 0 saturated heterocycles. The minimum atomic E-state index is -0.492. The van der Waals surface area contributed by atoms with E-state index in [1.54, 1.807) is 0 Å². The number of hydrogen-bond acceptors (Lipinski definition) is 4. The molecule has 86 valence electrons. The number of carbonyl (C=O) groups excluding carboxylic acids is 2. The van der Waals surface area contributed by atoms with Gasteiger partial charge in [-0.2, -0.15) is 0 Å². The van der Waals surface area contributed by atoms with Crippen molar-refractivity contribution in [2.75, 3.05) is 19.3 Å². The van der Waals surface area contributed by atoms with Gasteiger partial charge in [-0.25, -0.2) is 4.98 Å². The summed E-state index contributed by atoms with van der Waals surface area (Å²) in [4.78, 5) is 26.2. The fourth-order valence-corrected chi connectivity index (χ4v) is 1.16. The molecule has 0 aliphatic carbocycles. The van der Waals surface area contributed by atoms with Crippen LogP contribution in [0.5, 0.6) is 0 Å². The molecule has 0 radical (unpaired) electrons. The summed E-state index contributed by atoms with van der Waals surface area (Å²) in [5.41, 5.74) is 5.94. The number of hydrogen-bond donors (Lipinski definition) is 3. The molecule has 0 fully saturated rings. The molecule has 7 heteroatoms. The molecule has 0 aliphatic heterocycles. The fraction of sp³-hybridized carbons (Fsp3) is 0.222. The summed E-state index contributed by atoms with van der Waals surface area (Å²) in [5, 5.41) is 4.80. The van der Waals surface area contributed by atoms with Crippen LogP contribution in [0.1, 0.15) is 10.4 Å². The first-order valence-electron chi connectivity index (χ1n) is 4.44. The molecule has 0 aliphatic rings. The van der Waals surface area contributed by atoms with E-state index in [-0.39, 0.29) is 23.2 Å². The van der Waals surface area contributed by atoms with Crippen LogP contribution in [0, 0.1) is 0 Å². The first-order valence-corrected chi connectivity index (χ1v) is 4.82. The number of likely N-dealkylation sites (N-methyl/N-ethyl adjacent to an activating group) is 1. The van der Waals surface area contributed by atoms with E-state index in [1.807, 2.05) is 0 Å². The molecule has 0 bridgehead atoms. The highest BCUT2D eigenvalue weighted by Crippen LogP contribution is 2.14. The Labute approximate surface area is 97.2 Å². The predicted octanol–water partition coefficient (Wildman–Crippen LogP) is -0.207. The number of carbonyl (C=O) groups is 2. The Morgan fingerprint density at radius 1 is 1.56 bits per heavy atom. The lowest BCUT2D eigenvalue weighted by Crippen LogP contribution is -2.35. The van der Waals surface area contributed by atoms with Crippen LogP contribution in [0.2, 0.25) is 5.15 Å². The van der Waals surface area contributed by atoms with Crippen molar-refractivity contribution in [3.05, 3.63) is 23.0 Å². The van der Waals surface area contributed by atoms with Crippen LogP contribution in [0.4, 0.5) is 5.69 Å². The maximum absolute atomic E-state index is 11.6. The molecular weight excluding hydrogens is 232 g/mol. The molecule has 0 spiro atoms. The molecule has 0 saturated carbocycles. The maximum Gasteiger partial charge on any atom is 0.254 e. The quantitative estimate of drug-likeness (QED) is 0.639. The van der Waals surface area contributed by atoms with Gasteiger partial charge in [-0.05, 0) is 6.07 Å². The second-order valence-corrected chi connectivity index (χ2v) is 3.32. The third kappa shape index (κ3) is 3.09. The second-order valence-electron chi connectivity index (χ2n) is 2.96. The number of pyridine rings is 1. The first kappa shape index (κ1) is 12.3. The smallest absolute Gasteiger partial charge is 0.254 e. The van der Waals surface area contributed by atoms with Crippen molar-refractivity contribution in [2.45, 2.75) is 0 Å². The van der Waals surface area contributed by atoms with E-state index in [9.17, 15) is 9.59 Å². The number of aromatic nitrogens is 1. The number of nitrogens with zero attached hydrogens (tertiary/aromatic N) is 1. The van der Waals surface area contributed by atoms with Crippen molar-refractivity contribution in [3.63, 3.8) is 0 Å². The van der Waals surface area contributed by atoms with E-state index < -0.39 is 5.91 Å². The number of amides is 2. The fourth-order valence-electron chi connectivity index (χ4n) is 0.968. The molecule has 0 unspecified atom stereocenters. The largest absolute Gasteiger partial charge is 0.397 e. The predicted molar refractivity (Wildman–Crippen MR) is 60.1 cm³/mol. The van der Waals surface area contributed by atoms with Gasteiger partial charge >= 0.3 is 0 Å². The van der Waals surface area contributed by atoms with E-state index in [0.29, 0.717) is 5.69 Å². The van der Waals surface area contributed by atoms with E-state index in [1.165, 1.54) is 19.3 Å². The van der Waals surface area contributed by atoms with Crippen LogP contribution in [0.3, 0.4) is 0 Å². The summed E-state index contributed by atoms with van der Waals surface area (Å²) in [6.07, 6.45) is 1.35. The van der Waals surface area contributed by atoms with Crippen LogP contribution < -0.4 is 16.4 Å². The molecular formula is C9H11ClN4O2. The Kier molecular flexibility index (Phi) is 4.07. The van der Waals surface area contributed by atoms with Crippen LogP contribution in [0.25, 0.3) is 0 Å². The highest BCUT2D eigenvalue weighted by Gasteiger charge is 2.12. The average Bonchev–Trinajstić information content (AvgIpc) is 2.28. The summed E-state index contributed by atoms with van der Waals surface area (Å²) < 4.78 is 0. The first-order chi connectivity index (χ1) is 7.54. The summed E-state index contributed by atoms with van der Waals surface area (Å²) in [5.74, 6) is -0.797. The maximum atomic E-state index is 11.6. The van der Waals surface area contributed by atoms with Crippen molar-refractivity contribution in [2.24, 2.45) is 0 Å². The Balaban J connectivity index is 2.73. The van der Waals surface area contributed by atoms with Crippen LogP contribution in [0.15, 0.2) is 12.3 Å². The number of nitrogens with two attached hydrogens (primary N) is 1. The Morgan fingerprint density at radius 2 is 2.25 bits per heavy atom. The molecule has 2 amide bonds. The molecule has 0 aromatic carbocycles. The molecule has 1 rings (SSSR count). The van der Waals surface area contributed by atoms with Gasteiger partial charge in [0.25, 0.3) is 5.91 Å². The molecule has 16 heavy (non-hydrogen) atoms. The monoisotopic (exact) mass is 242 g/mol. The molecule has 6 nitrogen and oxygen atoms in total. The SMILES string of the molecule is CNC(=O)CNC(=O)c1cc(N)cnc1Cl. The summed E-state index contributed by atoms with van der Waals surface area (Å²) in [6.45, 7) is -0.125. The minimum absolute atomic E-state index is 0.0450. The van der Waals surface area contributed by atoms with Crippen LogP contribution in [-0.4, -0.2) is 30.4 Å². The van der Waals surface area contributed by atoms with Gasteiger partial charge in [0.15, 0.2) is 0 Å². The molecule has 1 aromatic heterocycles. The normalized spacial score (nSPS) is 9.62. The Morgan fingerprint density at radius 3 is 2.88 bits per heavy atom. The Bertz CT molecular complexity index is 422. The molecule has 0 atom stereocenters. The van der Waals surface area contributed by atoms with Crippen LogP contribution >= 0.6 is 11.6 Å². The average molecular weight is 243 g/mol. The van der Waals surface area contributed by atoms with Crippen molar-refractivity contribution in [1.29, 1.82) is 0 Å². The lowest BCUT2D eigenvalue weighted by Gasteiger charge is -2.05. The Hall–Kier alpha value is -1.82. The van der Waals surface area contributed by atoms with Gasteiger partial charge in [0.1, 0.15) is 5.15 Å². The van der Waals surface area contributed by atoms with Gasteiger partial charge in [-0.3, -0.25) is 9.59 Å². The van der Waals surface area contributed by atoms with Crippen molar-refractivity contribution >= 4 is 29.1 Å². The van der Waals surface area contributed by atoms with Gasteiger partial charge < -0.3 is 16.4 Å². The topological polar surface area (TPSA) is 97.1 Å². The lowest BCUT2D eigenvalue weighted by molar-refractivity contribution is -0.119. The zero-order valence-electron chi connectivity index (χ0n) is 8.58. The third-order valence-electron chi connectivity index (χ3n) is 1.79. The highest BCUT2D eigenvalue weighted by atomic mass is 35.5. The van der Waals surface area contributed by atoms with Gasteiger partial charge in [-0.1, -0.05) is 11.6 Å². The number of rotatable bonds is 3. The highest BCUT2D eigenvalue weighted by molar-refractivity contribution is 6.32. The summed E-state index contributed by atoms with van der Waals surface area (Å²) >= 11 is 5.71. The van der Waals surface area contributed by atoms with Crippen LogP contribution in [-0.2, 0) is 4.79 Å². The second kappa shape index (κ2) is 5.32. The zero-order valence-corrected chi connectivity index (χ0v) is 9.34. The van der Waals surface area contributed by atoms with Crippen molar-refractivity contribution < 1.29 is 9.59 Å². The van der Waals surface area contributed by atoms with Gasteiger partial charge in [0, 0.05) is 7.05 Å².